The molecule has 0 radical (unpaired) electrons. The number of carbonyl (C=O) groups is 1. The first-order chi connectivity index (χ1) is 9.83. The van der Waals surface area contributed by atoms with Gasteiger partial charge in [-0.2, -0.15) is 0 Å². The predicted molar refractivity (Wildman–Crippen MR) is 76.9 cm³/mol. The maximum absolute atomic E-state index is 10.9. The van der Waals surface area contributed by atoms with Crippen molar-refractivity contribution >= 4 is 5.91 Å². The molecule has 0 aromatic heterocycles. The Hall–Kier alpha value is -1.59. The van der Waals surface area contributed by atoms with Gasteiger partial charge in [-0.25, -0.2) is 0 Å². The minimum absolute atomic E-state index is 0.107. The van der Waals surface area contributed by atoms with Gasteiger partial charge in [0.1, 0.15) is 12.4 Å². The molecule has 0 saturated carbocycles. The fourth-order valence-corrected chi connectivity index (χ4v) is 1.47. The van der Waals surface area contributed by atoms with E-state index in [-0.39, 0.29) is 12.5 Å². The van der Waals surface area contributed by atoms with Crippen molar-refractivity contribution in [2.75, 3.05) is 40.1 Å². The second kappa shape index (κ2) is 11.3. The van der Waals surface area contributed by atoms with Crippen LogP contribution in [-0.4, -0.2) is 46.0 Å². The van der Waals surface area contributed by atoms with E-state index in [1.807, 2.05) is 30.3 Å². The van der Waals surface area contributed by atoms with Crippen LogP contribution >= 0.6 is 0 Å². The zero-order chi connectivity index (χ0) is 14.5. The lowest BCUT2D eigenvalue weighted by Crippen LogP contribution is -2.23. The molecule has 1 aromatic rings. The van der Waals surface area contributed by atoms with Gasteiger partial charge < -0.3 is 19.5 Å². The number of rotatable bonds is 11. The lowest BCUT2D eigenvalue weighted by molar-refractivity contribution is -0.125. The van der Waals surface area contributed by atoms with Crippen LogP contribution < -0.4 is 10.1 Å². The summed E-state index contributed by atoms with van der Waals surface area (Å²) in [6.45, 7) is 2.61. The van der Waals surface area contributed by atoms with Crippen LogP contribution in [0.5, 0.6) is 5.75 Å². The van der Waals surface area contributed by atoms with Crippen LogP contribution in [0.4, 0.5) is 0 Å². The molecular weight excluding hydrogens is 258 g/mol. The molecule has 0 saturated heterocycles. The van der Waals surface area contributed by atoms with E-state index in [0.717, 1.165) is 18.6 Å². The van der Waals surface area contributed by atoms with Crippen molar-refractivity contribution in [2.45, 2.75) is 12.8 Å². The highest BCUT2D eigenvalue weighted by molar-refractivity contribution is 5.76. The zero-order valence-corrected chi connectivity index (χ0v) is 12.0. The summed E-state index contributed by atoms with van der Waals surface area (Å²) in [4.78, 5) is 10.9. The molecule has 0 atom stereocenters. The number of ether oxygens (including phenoxy) is 3. The third-order valence-corrected chi connectivity index (χ3v) is 2.53. The SMILES string of the molecule is CNC(=O)COCCCOCCCOc1ccccc1. The lowest BCUT2D eigenvalue weighted by atomic mass is 10.3. The van der Waals surface area contributed by atoms with Crippen molar-refractivity contribution in [1.82, 2.24) is 5.32 Å². The minimum atomic E-state index is -0.107. The van der Waals surface area contributed by atoms with Gasteiger partial charge in [0.2, 0.25) is 5.91 Å². The molecule has 0 aliphatic rings. The summed E-state index contributed by atoms with van der Waals surface area (Å²) in [7, 11) is 1.59. The Morgan fingerprint density at radius 2 is 1.65 bits per heavy atom. The van der Waals surface area contributed by atoms with Gasteiger partial charge in [-0.3, -0.25) is 4.79 Å². The highest BCUT2D eigenvalue weighted by Gasteiger charge is 1.97. The number of hydrogen-bond acceptors (Lipinski definition) is 4. The van der Waals surface area contributed by atoms with Crippen molar-refractivity contribution in [1.29, 1.82) is 0 Å². The second-order valence-electron chi connectivity index (χ2n) is 4.21. The van der Waals surface area contributed by atoms with Crippen LogP contribution in [0.2, 0.25) is 0 Å². The molecular formula is C15H23NO4. The Morgan fingerprint density at radius 3 is 2.35 bits per heavy atom. The van der Waals surface area contributed by atoms with E-state index in [1.165, 1.54) is 0 Å². The number of likely N-dealkylation sites (N-methyl/N-ethyl adjacent to an activating group) is 1. The van der Waals surface area contributed by atoms with Crippen LogP contribution in [0, 0.1) is 0 Å². The summed E-state index contributed by atoms with van der Waals surface area (Å²) in [6.07, 6.45) is 1.64. The van der Waals surface area contributed by atoms with Crippen molar-refractivity contribution in [3.63, 3.8) is 0 Å². The predicted octanol–water partition coefficient (Wildman–Crippen LogP) is 1.62. The van der Waals surface area contributed by atoms with Gasteiger partial charge in [0.05, 0.1) is 6.61 Å². The van der Waals surface area contributed by atoms with Gasteiger partial charge in [0.25, 0.3) is 0 Å². The maximum atomic E-state index is 10.9. The molecule has 0 aliphatic heterocycles. The summed E-state index contributed by atoms with van der Waals surface area (Å²) < 4.78 is 16.1. The first kappa shape index (κ1) is 16.5. The molecule has 0 spiro atoms. The normalized spacial score (nSPS) is 10.2. The van der Waals surface area contributed by atoms with Crippen molar-refractivity contribution in [3.8, 4) is 5.75 Å². The number of hydrogen-bond donors (Lipinski definition) is 1. The van der Waals surface area contributed by atoms with Gasteiger partial charge in [0, 0.05) is 33.3 Å². The fourth-order valence-electron chi connectivity index (χ4n) is 1.47. The summed E-state index contributed by atoms with van der Waals surface area (Å²) >= 11 is 0. The maximum Gasteiger partial charge on any atom is 0.245 e. The first-order valence-corrected chi connectivity index (χ1v) is 6.87. The minimum Gasteiger partial charge on any atom is -0.494 e. The van der Waals surface area contributed by atoms with E-state index in [0.29, 0.717) is 26.4 Å². The largest absolute Gasteiger partial charge is 0.494 e. The van der Waals surface area contributed by atoms with Crippen LogP contribution in [0.1, 0.15) is 12.8 Å². The Bertz CT molecular complexity index is 356. The average Bonchev–Trinajstić information content (AvgIpc) is 2.50. The van der Waals surface area contributed by atoms with Crippen LogP contribution in [0.3, 0.4) is 0 Å². The van der Waals surface area contributed by atoms with Crippen LogP contribution in [0.25, 0.3) is 0 Å². The van der Waals surface area contributed by atoms with E-state index < -0.39 is 0 Å². The van der Waals surface area contributed by atoms with Crippen molar-refractivity contribution < 1.29 is 19.0 Å². The number of amides is 1. The summed E-state index contributed by atoms with van der Waals surface area (Å²) in [5.41, 5.74) is 0. The topological polar surface area (TPSA) is 56.8 Å². The summed E-state index contributed by atoms with van der Waals surface area (Å²) in [5, 5.41) is 2.49. The highest BCUT2D eigenvalue weighted by Crippen LogP contribution is 2.08. The Labute approximate surface area is 120 Å². The second-order valence-corrected chi connectivity index (χ2v) is 4.21. The van der Waals surface area contributed by atoms with Crippen LogP contribution in [0.15, 0.2) is 30.3 Å². The third-order valence-electron chi connectivity index (χ3n) is 2.53. The molecule has 1 rings (SSSR count). The fraction of sp³-hybridized carbons (Fsp3) is 0.533. The molecule has 0 unspecified atom stereocenters. The molecule has 1 amide bonds. The van der Waals surface area contributed by atoms with E-state index in [9.17, 15) is 4.79 Å². The molecule has 1 aromatic carbocycles. The molecule has 0 aliphatic carbocycles. The molecule has 0 bridgehead atoms. The molecule has 20 heavy (non-hydrogen) atoms. The Morgan fingerprint density at radius 1 is 1.00 bits per heavy atom. The molecule has 5 heteroatoms. The van der Waals surface area contributed by atoms with Gasteiger partial charge in [0.15, 0.2) is 0 Å². The number of benzene rings is 1. The standard InChI is InChI=1S/C15H23NO4/c1-16-15(17)13-19-11-5-9-18-10-6-12-20-14-7-3-2-4-8-14/h2-4,7-8H,5-6,9-13H2,1H3,(H,16,17). The average molecular weight is 281 g/mol. The van der Waals surface area contributed by atoms with E-state index in [2.05, 4.69) is 5.32 Å². The molecule has 112 valence electrons. The molecule has 0 heterocycles. The van der Waals surface area contributed by atoms with Crippen molar-refractivity contribution in [2.24, 2.45) is 0 Å². The quantitative estimate of drug-likeness (QED) is 0.626. The zero-order valence-electron chi connectivity index (χ0n) is 12.0. The van der Waals surface area contributed by atoms with Crippen molar-refractivity contribution in [3.05, 3.63) is 30.3 Å². The highest BCUT2D eigenvalue weighted by atomic mass is 16.5. The number of nitrogens with one attached hydrogen (secondary N) is 1. The van der Waals surface area contributed by atoms with Crippen LogP contribution in [-0.2, 0) is 14.3 Å². The molecule has 0 fully saturated rings. The van der Waals surface area contributed by atoms with Gasteiger partial charge in [-0.1, -0.05) is 18.2 Å². The van der Waals surface area contributed by atoms with Gasteiger partial charge >= 0.3 is 0 Å². The van der Waals surface area contributed by atoms with Gasteiger partial charge in [-0.15, -0.1) is 0 Å². The third kappa shape index (κ3) is 8.50. The summed E-state index contributed by atoms with van der Waals surface area (Å²) in [5.74, 6) is 0.777. The number of para-hydroxylation sites is 1. The first-order valence-electron chi connectivity index (χ1n) is 6.87. The summed E-state index contributed by atoms with van der Waals surface area (Å²) in [6, 6.07) is 9.73. The number of carbonyl (C=O) groups excluding carboxylic acids is 1. The van der Waals surface area contributed by atoms with E-state index >= 15 is 0 Å². The van der Waals surface area contributed by atoms with E-state index in [1.54, 1.807) is 7.05 Å². The lowest BCUT2D eigenvalue weighted by Gasteiger charge is -2.07. The van der Waals surface area contributed by atoms with Gasteiger partial charge in [-0.05, 0) is 18.6 Å². The Balaban J connectivity index is 1.82. The molecule has 5 nitrogen and oxygen atoms in total. The molecule has 1 N–H and O–H groups in total. The monoisotopic (exact) mass is 281 g/mol. The van der Waals surface area contributed by atoms with E-state index in [4.69, 9.17) is 14.2 Å². The Kier molecular flexibility index (Phi) is 9.26. The smallest absolute Gasteiger partial charge is 0.245 e.